The van der Waals surface area contributed by atoms with Gasteiger partial charge in [-0.1, -0.05) is 26.7 Å². The predicted molar refractivity (Wildman–Crippen MR) is 81.6 cm³/mol. The first-order valence-corrected chi connectivity index (χ1v) is 7.69. The number of rotatable bonds is 4. The van der Waals surface area contributed by atoms with Crippen LogP contribution in [0.4, 0.5) is 0 Å². The summed E-state index contributed by atoms with van der Waals surface area (Å²) in [5.41, 5.74) is -0.262. The molecule has 1 saturated heterocycles. The molecular formula is C15H29ClN2O. The van der Waals surface area contributed by atoms with Gasteiger partial charge in [0.2, 0.25) is 5.91 Å². The number of amides is 1. The summed E-state index contributed by atoms with van der Waals surface area (Å²) >= 11 is 0. The van der Waals surface area contributed by atoms with Gasteiger partial charge in [-0.05, 0) is 50.5 Å². The Kier molecular flexibility index (Phi) is 6.61. The van der Waals surface area contributed by atoms with Gasteiger partial charge in [-0.15, -0.1) is 12.4 Å². The van der Waals surface area contributed by atoms with Crippen LogP contribution in [0.1, 0.15) is 58.8 Å². The van der Waals surface area contributed by atoms with Crippen LogP contribution in [0.5, 0.6) is 0 Å². The lowest BCUT2D eigenvalue weighted by Gasteiger charge is -2.30. The van der Waals surface area contributed by atoms with Gasteiger partial charge in [-0.3, -0.25) is 4.79 Å². The number of carbonyl (C=O) groups is 1. The molecule has 1 amide bonds. The molecule has 2 aliphatic rings. The van der Waals surface area contributed by atoms with E-state index in [1.807, 2.05) is 0 Å². The molecule has 2 N–H and O–H groups in total. The Labute approximate surface area is 123 Å². The molecule has 2 fully saturated rings. The normalized spacial score (nSPS) is 34.6. The minimum atomic E-state index is -0.262. The van der Waals surface area contributed by atoms with Crippen LogP contribution in [-0.2, 0) is 4.79 Å². The van der Waals surface area contributed by atoms with Crippen LogP contribution in [0, 0.1) is 11.8 Å². The minimum Gasteiger partial charge on any atom is -0.354 e. The first kappa shape index (κ1) is 16.8. The van der Waals surface area contributed by atoms with Crippen molar-refractivity contribution >= 4 is 18.3 Å². The van der Waals surface area contributed by atoms with Crippen molar-refractivity contribution in [3.63, 3.8) is 0 Å². The zero-order valence-electron chi connectivity index (χ0n) is 12.3. The lowest BCUT2D eigenvalue weighted by Crippen LogP contribution is -2.53. The maximum absolute atomic E-state index is 12.3. The third-order valence-electron chi connectivity index (χ3n) is 4.97. The highest BCUT2D eigenvalue weighted by Crippen LogP contribution is 2.28. The van der Waals surface area contributed by atoms with Gasteiger partial charge in [-0.25, -0.2) is 0 Å². The Bertz CT molecular complexity index is 282. The second-order valence-corrected chi connectivity index (χ2v) is 6.30. The smallest absolute Gasteiger partial charge is 0.240 e. The zero-order valence-corrected chi connectivity index (χ0v) is 13.2. The summed E-state index contributed by atoms with van der Waals surface area (Å²) in [6.07, 6.45) is 8.26. The van der Waals surface area contributed by atoms with Crippen molar-refractivity contribution in [3.05, 3.63) is 0 Å². The fourth-order valence-corrected chi connectivity index (χ4v) is 3.40. The van der Waals surface area contributed by atoms with Crippen molar-refractivity contribution in [1.29, 1.82) is 0 Å². The lowest BCUT2D eigenvalue weighted by atomic mass is 9.83. The standard InChI is InChI=1S/C15H28N2O.ClH/c1-3-15(9-4-10-17-15)14(18)16-11-13-7-5-12(2)6-8-13;/h12-13,17H,3-11H2,1-2H3,(H,16,18);1H. The molecule has 1 aliphatic carbocycles. The van der Waals surface area contributed by atoms with Crippen LogP contribution < -0.4 is 10.6 Å². The topological polar surface area (TPSA) is 41.1 Å². The number of nitrogens with one attached hydrogen (secondary N) is 2. The summed E-state index contributed by atoms with van der Waals surface area (Å²) in [5, 5.41) is 6.60. The maximum Gasteiger partial charge on any atom is 0.240 e. The zero-order chi connectivity index (χ0) is 13.0. The summed E-state index contributed by atoms with van der Waals surface area (Å²) in [7, 11) is 0. The average Bonchev–Trinajstić information content (AvgIpc) is 2.88. The van der Waals surface area contributed by atoms with Crippen LogP contribution in [-0.4, -0.2) is 24.5 Å². The van der Waals surface area contributed by atoms with Gasteiger partial charge in [0, 0.05) is 6.54 Å². The molecule has 1 unspecified atom stereocenters. The molecule has 4 heteroatoms. The highest BCUT2D eigenvalue weighted by molar-refractivity contribution is 5.86. The highest BCUT2D eigenvalue weighted by atomic mass is 35.5. The van der Waals surface area contributed by atoms with Gasteiger partial charge < -0.3 is 10.6 Å². The van der Waals surface area contributed by atoms with Gasteiger partial charge in [0.15, 0.2) is 0 Å². The Morgan fingerprint density at radius 2 is 2.00 bits per heavy atom. The first-order chi connectivity index (χ1) is 8.66. The van der Waals surface area contributed by atoms with Gasteiger partial charge in [0.05, 0.1) is 5.54 Å². The van der Waals surface area contributed by atoms with E-state index in [0.29, 0.717) is 5.92 Å². The third kappa shape index (κ3) is 4.09. The molecule has 1 atom stereocenters. The van der Waals surface area contributed by atoms with Crippen LogP contribution >= 0.6 is 12.4 Å². The van der Waals surface area contributed by atoms with Crippen molar-refractivity contribution in [2.45, 2.75) is 64.3 Å². The van der Waals surface area contributed by atoms with Gasteiger partial charge in [0.25, 0.3) is 0 Å². The van der Waals surface area contributed by atoms with Gasteiger partial charge >= 0.3 is 0 Å². The molecule has 0 radical (unpaired) electrons. The largest absolute Gasteiger partial charge is 0.354 e. The maximum atomic E-state index is 12.3. The van der Waals surface area contributed by atoms with E-state index >= 15 is 0 Å². The molecule has 19 heavy (non-hydrogen) atoms. The van der Waals surface area contributed by atoms with Gasteiger partial charge in [0.1, 0.15) is 0 Å². The van der Waals surface area contributed by atoms with Crippen molar-refractivity contribution in [1.82, 2.24) is 10.6 Å². The van der Waals surface area contributed by atoms with Gasteiger partial charge in [-0.2, -0.15) is 0 Å². The van der Waals surface area contributed by atoms with Crippen molar-refractivity contribution in [2.24, 2.45) is 11.8 Å². The van der Waals surface area contributed by atoms with Crippen molar-refractivity contribution in [3.8, 4) is 0 Å². The summed E-state index contributed by atoms with van der Waals surface area (Å²) in [5.74, 6) is 1.83. The molecule has 2 rings (SSSR count). The van der Waals surface area contributed by atoms with Crippen molar-refractivity contribution in [2.75, 3.05) is 13.1 Å². The Balaban J connectivity index is 0.00000180. The first-order valence-electron chi connectivity index (χ1n) is 7.69. The Hall–Kier alpha value is -0.280. The number of hydrogen-bond acceptors (Lipinski definition) is 2. The summed E-state index contributed by atoms with van der Waals surface area (Å²) < 4.78 is 0. The van der Waals surface area contributed by atoms with E-state index in [4.69, 9.17) is 0 Å². The fourth-order valence-electron chi connectivity index (χ4n) is 3.40. The van der Waals surface area contributed by atoms with E-state index in [1.165, 1.54) is 25.7 Å². The van der Waals surface area contributed by atoms with Crippen LogP contribution in [0.25, 0.3) is 0 Å². The van der Waals surface area contributed by atoms with E-state index < -0.39 is 0 Å². The highest BCUT2D eigenvalue weighted by Gasteiger charge is 2.39. The summed E-state index contributed by atoms with van der Waals surface area (Å²) in [6.45, 7) is 6.32. The number of halogens is 1. The third-order valence-corrected chi connectivity index (χ3v) is 4.97. The van der Waals surface area contributed by atoms with E-state index in [2.05, 4.69) is 24.5 Å². The fraction of sp³-hybridized carbons (Fsp3) is 0.933. The molecular weight excluding hydrogens is 260 g/mol. The van der Waals surface area contributed by atoms with E-state index in [0.717, 1.165) is 38.3 Å². The monoisotopic (exact) mass is 288 g/mol. The van der Waals surface area contributed by atoms with Crippen LogP contribution in [0.3, 0.4) is 0 Å². The number of carbonyl (C=O) groups excluding carboxylic acids is 1. The second-order valence-electron chi connectivity index (χ2n) is 6.30. The van der Waals surface area contributed by atoms with E-state index in [9.17, 15) is 4.79 Å². The molecule has 0 spiro atoms. The van der Waals surface area contributed by atoms with E-state index in [1.54, 1.807) is 0 Å². The van der Waals surface area contributed by atoms with Crippen LogP contribution in [0.2, 0.25) is 0 Å². The molecule has 0 aromatic rings. The summed E-state index contributed by atoms with van der Waals surface area (Å²) in [4.78, 5) is 12.3. The Morgan fingerprint density at radius 3 is 2.53 bits per heavy atom. The number of hydrogen-bond donors (Lipinski definition) is 2. The van der Waals surface area contributed by atoms with Crippen molar-refractivity contribution < 1.29 is 4.79 Å². The molecule has 0 aromatic carbocycles. The molecule has 0 bridgehead atoms. The van der Waals surface area contributed by atoms with E-state index in [-0.39, 0.29) is 23.9 Å². The van der Waals surface area contributed by atoms with Crippen LogP contribution in [0.15, 0.2) is 0 Å². The average molecular weight is 289 g/mol. The second kappa shape index (κ2) is 7.49. The SMILES string of the molecule is CCC1(C(=O)NCC2CCC(C)CC2)CCCN1.Cl. The summed E-state index contributed by atoms with van der Waals surface area (Å²) in [6, 6.07) is 0. The quantitative estimate of drug-likeness (QED) is 0.835. The molecule has 112 valence electrons. The molecule has 3 nitrogen and oxygen atoms in total. The lowest BCUT2D eigenvalue weighted by molar-refractivity contribution is -0.127. The molecule has 0 aromatic heterocycles. The molecule has 1 saturated carbocycles. The molecule has 1 heterocycles. The predicted octanol–water partition coefficient (Wildman–Crippen LogP) is 2.88. The molecule has 1 aliphatic heterocycles. The minimum absolute atomic E-state index is 0. The Morgan fingerprint density at radius 1 is 1.32 bits per heavy atom.